The molecule has 0 bridgehead atoms. The molecule has 188 valence electrons. The van der Waals surface area contributed by atoms with Crippen molar-refractivity contribution in [3.63, 3.8) is 0 Å². The fourth-order valence-electron chi connectivity index (χ4n) is 4.92. The van der Waals surface area contributed by atoms with E-state index < -0.39 is 0 Å². The molecule has 9 nitrogen and oxygen atoms in total. The first kappa shape index (κ1) is 23.3. The second-order valence-corrected chi connectivity index (χ2v) is 9.02. The second kappa shape index (κ2) is 10.5. The van der Waals surface area contributed by atoms with Gasteiger partial charge in [-0.25, -0.2) is 9.97 Å². The number of furan rings is 1. The molecule has 0 spiro atoms. The van der Waals surface area contributed by atoms with E-state index >= 15 is 0 Å². The zero-order valence-corrected chi connectivity index (χ0v) is 20.3. The molecule has 0 saturated carbocycles. The van der Waals surface area contributed by atoms with Gasteiger partial charge in [-0.2, -0.15) is 0 Å². The number of nitrogens with zero attached hydrogens (tertiary/aromatic N) is 5. The Labute approximate surface area is 214 Å². The van der Waals surface area contributed by atoms with Crippen molar-refractivity contribution < 1.29 is 19.1 Å². The summed E-state index contributed by atoms with van der Waals surface area (Å²) in [6, 6.07) is 12.3. The van der Waals surface area contributed by atoms with E-state index in [0.717, 1.165) is 78.4 Å². The molecule has 1 aromatic carbocycles. The largest absolute Gasteiger partial charge is 0.462 e. The number of aromatic nitrogens is 3. The van der Waals surface area contributed by atoms with E-state index in [1.807, 2.05) is 30.3 Å². The molecule has 6 rings (SSSR count). The summed E-state index contributed by atoms with van der Waals surface area (Å²) in [6.45, 7) is 4.70. The number of ether oxygens (including phenoxy) is 2. The number of oxime groups is 1. The van der Waals surface area contributed by atoms with Gasteiger partial charge in [-0.15, -0.1) is 0 Å². The number of morpholine rings is 1. The fourth-order valence-corrected chi connectivity index (χ4v) is 4.92. The molecule has 37 heavy (non-hydrogen) atoms. The lowest BCUT2D eigenvalue weighted by atomic mass is 9.95. The Morgan fingerprint density at radius 2 is 1.73 bits per heavy atom. The first-order valence-electron chi connectivity index (χ1n) is 12.4. The van der Waals surface area contributed by atoms with E-state index in [1.165, 1.54) is 0 Å². The maximum absolute atomic E-state index is 9.43. The third kappa shape index (κ3) is 4.83. The molecule has 0 radical (unpaired) electrons. The van der Waals surface area contributed by atoms with Crippen LogP contribution in [0.4, 0.5) is 0 Å². The molecule has 0 atom stereocenters. The standard InChI is InChI=1S/C28H27N5O4/c34-32-25-5-4-22-21(2-1-3-23(22)25)24-16-26(37-27(24)19-6-8-29-9-7-19)20-17-30-28(31-18-20)36-15-12-33-10-13-35-14-11-33/h1-3,6-9,16-18,34H,4-5,10-15H2/b32-25+. The Morgan fingerprint density at radius 1 is 0.946 bits per heavy atom. The SMILES string of the molecule is O/N=C1\CCc2c1cccc2-c1cc(-c2cnc(OCCN3CCOCC3)nc2)oc1-c1ccncc1. The molecule has 0 amide bonds. The van der Waals surface area contributed by atoms with Crippen LogP contribution < -0.4 is 4.74 Å². The lowest BCUT2D eigenvalue weighted by Crippen LogP contribution is -2.38. The summed E-state index contributed by atoms with van der Waals surface area (Å²) in [6.07, 6.45) is 8.46. The third-order valence-corrected chi connectivity index (χ3v) is 6.84. The van der Waals surface area contributed by atoms with Crippen molar-refractivity contribution in [2.24, 2.45) is 5.16 Å². The number of benzene rings is 1. The van der Waals surface area contributed by atoms with Crippen molar-refractivity contribution in [1.29, 1.82) is 0 Å². The van der Waals surface area contributed by atoms with E-state index in [0.29, 0.717) is 30.5 Å². The quantitative estimate of drug-likeness (QED) is 0.298. The van der Waals surface area contributed by atoms with Gasteiger partial charge in [-0.3, -0.25) is 9.88 Å². The maximum Gasteiger partial charge on any atom is 0.316 e. The van der Waals surface area contributed by atoms with Crippen LogP contribution >= 0.6 is 0 Å². The van der Waals surface area contributed by atoms with Crippen LogP contribution in [0.5, 0.6) is 6.01 Å². The van der Waals surface area contributed by atoms with Crippen LogP contribution in [0.3, 0.4) is 0 Å². The molecule has 2 aliphatic rings. The minimum absolute atomic E-state index is 0.342. The number of hydrogen-bond donors (Lipinski definition) is 1. The van der Waals surface area contributed by atoms with Crippen LogP contribution in [0.15, 0.2) is 70.8 Å². The molecule has 9 heteroatoms. The highest BCUT2D eigenvalue weighted by Crippen LogP contribution is 2.42. The van der Waals surface area contributed by atoms with Crippen molar-refractivity contribution in [3.05, 3.63) is 72.3 Å². The smallest absolute Gasteiger partial charge is 0.316 e. The summed E-state index contributed by atoms with van der Waals surface area (Å²) in [4.78, 5) is 15.3. The maximum atomic E-state index is 9.43. The first-order valence-corrected chi connectivity index (χ1v) is 12.4. The normalized spacial score (nSPS) is 16.7. The van der Waals surface area contributed by atoms with Crippen molar-refractivity contribution in [2.75, 3.05) is 39.5 Å². The van der Waals surface area contributed by atoms with Crippen LogP contribution in [0.1, 0.15) is 17.5 Å². The highest BCUT2D eigenvalue weighted by Gasteiger charge is 2.25. The summed E-state index contributed by atoms with van der Waals surface area (Å²) in [5.74, 6) is 1.40. The van der Waals surface area contributed by atoms with Gasteiger partial charge in [0.15, 0.2) is 0 Å². The minimum atomic E-state index is 0.342. The van der Waals surface area contributed by atoms with E-state index in [2.05, 4.69) is 31.1 Å². The van der Waals surface area contributed by atoms with E-state index in [4.69, 9.17) is 13.9 Å². The second-order valence-electron chi connectivity index (χ2n) is 9.02. The van der Waals surface area contributed by atoms with Gasteiger partial charge < -0.3 is 19.1 Å². The monoisotopic (exact) mass is 497 g/mol. The van der Waals surface area contributed by atoms with Gasteiger partial charge in [0.05, 0.1) is 24.5 Å². The van der Waals surface area contributed by atoms with Gasteiger partial charge in [-0.05, 0) is 42.2 Å². The Kier molecular flexibility index (Phi) is 6.62. The van der Waals surface area contributed by atoms with Crippen LogP contribution in [-0.2, 0) is 11.2 Å². The summed E-state index contributed by atoms with van der Waals surface area (Å²) in [5, 5.41) is 12.9. The lowest BCUT2D eigenvalue weighted by Gasteiger charge is -2.26. The van der Waals surface area contributed by atoms with E-state index in [-0.39, 0.29) is 0 Å². The van der Waals surface area contributed by atoms with Crippen molar-refractivity contribution in [1.82, 2.24) is 19.9 Å². The minimum Gasteiger partial charge on any atom is -0.462 e. The molecule has 1 fully saturated rings. The van der Waals surface area contributed by atoms with Crippen molar-refractivity contribution >= 4 is 5.71 Å². The van der Waals surface area contributed by atoms with Gasteiger partial charge in [-0.1, -0.05) is 23.4 Å². The van der Waals surface area contributed by atoms with Gasteiger partial charge in [0, 0.05) is 61.1 Å². The Morgan fingerprint density at radius 3 is 2.51 bits per heavy atom. The number of pyridine rings is 1. The number of fused-ring (bicyclic) bond motifs is 1. The molecule has 1 N–H and O–H groups in total. The topological polar surface area (TPSA) is 106 Å². The molecule has 1 aliphatic heterocycles. The summed E-state index contributed by atoms with van der Waals surface area (Å²) < 4.78 is 17.6. The number of rotatable bonds is 7. The molecule has 0 unspecified atom stereocenters. The van der Waals surface area contributed by atoms with Gasteiger partial charge >= 0.3 is 6.01 Å². The molecule has 4 heterocycles. The van der Waals surface area contributed by atoms with Crippen LogP contribution in [-0.4, -0.2) is 70.2 Å². The van der Waals surface area contributed by atoms with Crippen molar-refractivity contribution in [3.8, 4) is 39.8 Å². The molecule has 4 aromatic rings. The van der Waals surface area contributed by atoms with Gasteiger partial charge in [0.25, 0.3) is 0 Å². The number of hydrogen-bond acceptors (Lipinski definition) is 9. The molecular formula is C28H27N5O4. The molecule has 1 saturated heterocycles. The van der Waals surface area contributed by atoms with Crippen LogP contribution in [0.25, 0.3) is 33.8 Å². The Bertz CT molecular complexity index is 1400. The fraction of sp³-hybridized carbons (Fsp3) is 0.286. The zero-order valence-electron chi connectivity index (χ0n) is 20.3. The molecule has 3 aromatic heterocycles. The van der Waals surface area contributed by atoms with Crippen LogP contribution in [0, 0.1) is 0 Å². The predicted octanol–water partition coefficient (Wildman–Crippen LogP) is 4.30. The van der Waals surface area contributed by atoms with Gasteiger partial charge in [0.1, 0.15) is 18.1 Å². The highest BCUT2D eigenvalue weighted by atomic mass is 16.5. The van der Waals surface area contributed by atoms with Crippen molar-refractivity contribution in [2.45, 2.75) is 12.8 Å². The van der Waals surface area contributed by atoms with E-state index in [9.17, 15) is 5.21 Å². The van der Waals surface area contributed by atoms with Gasteiger partial charge in [0.2, 0.25) is 0 Å². The average Bonchev–Trinajstić information content (AvgIpc) is 3.59. The van der Waals surface area contributed by atoms with Crippen LogP contribution in [0.2, 0.25) is 0 Å². The zero-order chi connectivity index (χ0) is 25.0. The third-order valence-electron chi connectivity index (χ3n) is 6.84. The lowest BCUT2D eigenvalue weighted by molar-refractivity contribution is 0.0317. The Balaban J connectivity index is 1.29. The average molecular weight is 498 g/mol. The highest BCUT2D eigenvalue weighted by molar-refractivity contribution is 6.06. The van der Waals surface area contributed by atoms with E-state index in [1.54, 1.807) is 24.8 Å². The Hall–Kier alpha value is -4.08. The molecule has 1 aliphatic carbocycles. The molecular weight excluding hydrogens is 470 g/mol. The summed E-state index contributed by atoms with van der Waals surface area (Å²) >= 11 is 0. The summed E-state index contributed by atoms with van der Waals surface area (Å²) in [5.41, 5.74) is 6.54. The first-order chi connectivity index (χ1) is 18.3. The predicted molar refractivity (Wildman–Crippen MR) is 138 cm³/mol. The summed E-state index contributed by atoms with van der Waals surface area (Å²) in [7, 11) is 0.